The Morgan fingerprint density at radius 2 is 1.71 bits per heavy atom. The van der Waals surface area contributed by atoms with Crippen molar-refractivity contribution in [2.75, 3.05) is 12.1 Å². The number of fused-ring (bicyclic) bond motifs is 2. The molecule has 1 N–H and O–H groups in total. The van der Waals surface area contributed by atoms with Crippen LogP contribution in [0.1, 0.15) is 41.9 Å². The summed E-state index contributed by atoms with van der Waals surface area (Å²) in [6.45, 7) is 0.120. The van der Waals surface area contributed by atoms with E-state index in [0.717, 1.165) is 41.9 Å². The van der Waals surface area contributed by atoms with Crippen LogP contribution < -0.4 is 14.8 Å². The fourth-order valence-electron chi connectivity index (χ4n) is 4.16. The topological polar surface area (TPSA) is 47.6 Å². The third-order valence-electron chi connectivity index (χ3n) is 5.46. The van der Waals surface area contributed by atoms with Gasteiger partial charge in [0.15, 0.2) is 17.3 Å². The summed E-state index contributed by atoms with van der Waals surface area (Å²) in [6.07, 6.45) is -2.48. The quantitative estimate of drug-likeness (QED) is 0.748. The summed E-state index contributed by atoms with van der Waals surface area (Å²) in [5, 5.41) is 3.34. The summed E-state index contributed by atoms with van der Waals surface area (Å²) in [5.74, 6) is 0.783. The second-order valence-electron chi connectivity index (χ2n) is 7.14. The molecule has 28 heavy (non-hydrogen) atoms. The van der Waals surface area contributed by atoms with Gasteiger partial charge in [0.25, 0.3) is 0 Å². The molecule has 144 valence electrons. The van der Waals surface area contributed by atoms with Crippen molar-refractivity contribution in [3.63, 3.8) is 0 Å². The molecule has 1 atom stereocenters. The summed E-state index contributed by atoms with van der Waals surface area (Å²) in [5.41, 5.74) is 3.02. The molecule has 0 spiro atoms. The SMILES string of the molecule is O=C1CCCC2=C1[C@@H](c1ccc(C(F)(F)F)cc1)c1cc3c(cc1N2)OCO3. The van der Waals surface area contributed by atoms with Gasteiger partial charge in [-0.2, -0.15) is 13.2 Å². The number of anilines is 1. The zero-order valence-corrected chi connectivity index (χ0v) is 14.7. The molecule has 2 aliphatic heterocycles. The third-order valence-corrected chi connectivity index (χ3v) is 5.46. The molecule has 7 heteroatoms. The minimum atomic E-state index is -4.40. The van der Waals surface area contributed by atoms with Gasteiger partial charge < -0.3 is 14.8 Å². The fourth-order valence-corrected chi connectivity index (χ4v) is 4.16. The Labute approximate surface area is 159 Å². The molecule has 1 aliphatic carbocycles. The monoisotopic (exact) mass is 387 g/mol. The second kappa shape index (κ2) is 6.02. The number of ketones is 1. The number of ether oxygens (including phenoxy) is 2. The van der Waals surface area contributed by atoms with Crippen LogP contribution in [0.15, 0.2) is 47.7 Å². The lowest BCUT2D eigenvalue weighted by Crippen LogP contribution is -2.26. The number of halogens is 3. The summed E-state index contributed by atoms with van der Waals surface area (Å²) in [6, 6.07) is 8.70. The van der Waals surface area contributed by atoms with E-state index in [4.69, 9.17) is 9.47 Å². The van der Waals surface area contributed by atoms with Crippen molar-refractivity contribution in [2.45, 2.75) is 31.4 Å². The molecular weight excluding hydrogens is 371 g/mol. The number of nitrogens with one attached hydrogen (secondary N) is 1. The van der Waals surface area contributed by atoms with Crippen LogP contribution in [0.5, 0.6) is 11.5 Å². The van der Waals surface area contributed by atoms with Crippen LogP contribution in [-0.4, -0.2) is 12.6 Å². The molecule has 2 heterocycles. The highest BCUT2D eigenvalue weighted by Gasteiger charge is 2.37. The smallest absolute Gasteiger partial charge is 0.416 e. The van der Waals surface area contributed by atoms with Crippen LogP contribution in [-0.2, 0) is 11.0 Å². The number of benzene rings is 2. The van der Waals surface area contributed by atoms with Crippen LogP contribution in [0.3, 0.4) is 0 Å². The molecule has 0 saturated heterocycles. The lowest BCUT2D eigenvalue weighted by molar-refractivity contribution is -0.137. The van der Waals surface area contributed by atoms with Crippen molar-refractivity contribution >= 4 is 11.5 Å². The van der Waals surface area contributed by atoms with Gasteiger partial charge in [-0.3, -0.25) is 4.79 Å². The number of alkyl halides is 3. The van der Waals surface area contributed by atoms with Gasteiger partial charge in [-0.15, -0.1) is 0 Å². The van der Waals surface area contributed by atoms with Gasteiger partial charge in [-0.05, 0) is 42.2 Å². The van der Waals surface area contributed by atoms with Gasteiger partial charge in [0.1, 0.15) is 0 Å². The highest BCUT2D eigenvalue weighted by atomic mass is 19.4. The Hall–Kier alpha value is -2.96. The van der Waals surface area contributed by atoms with E-state index in [0.29, 0.717) is 29.1 Å². The van der Waals surface area contributed by atoms with E-state index >= 15 is 0 Å². The van der Waals surface area contributed by atoms with Crippen molar-refractivity contribution in [2.24, 2.45) is 0 Å². The van der Waals surface area contributed by atoms with E-state index in [-0.39, 0.29) is 12.6 Å². The van der Waals surface area contributed by atoms with Crippen molar-refractivity contribution in [3.8, 4) is 11.5 Å². The molecule has 0 saturated carbocycles. The van der Waals surface area contributed by atoms with E-state index < -0.39 is 17.7 Å². The summed E-state index contributed by atoms with van der Waals surface area (Å²) < 4.78 is 49.9. The molecule has 2 aromatic rings. The summed E-state index contributed by atoms with van der Waals surface area (Å²) in [7, 11) is 0. The first-order chi connectivity index (χ1) is 13.4. The Balaban J connectivity index is 1.67. The van der Waals surface area contributed by atoms with E-state index in [1.807, 2.05) is 12.1 Å². The van der Waals surface area contributed by atoms with Crippen LogP contribution in [0.4, 0.5) is 18.9 Å². The molecular formula is C21H16F3NO3. The second-order valence-corrected chi connectivity index (χ2v) is 7.14. The van der Waals surface area contributed by atoms with Crippen LogP contribution in [0.25, 0.3) is 0 Å². The lowest BCUT2D eigenvalue weighted by atomic mass is 9.75. The maximum Gasteiger partial charge on any atom is 0.416 e. The Bertz CT molecular complexity index is 1010. The first kappa shape index (κ1) is 17.2. The number of hydrogen-bond donors (Lipinski definition) is 1. The zero-order chi connectivity index (χ0) is 19.5. The maximum atomic E-state index is 13.0. The van der Waals surface area contributed by atoms with Gasteiger partial charge in [-0.25, -0.2) is 0 Å². The lowest BCUT2D eigenvalue weighted by Gasteiger charge is -2.34. The number of allylic oxidation sites excluding steroid dienone is 2. The van der Waals surface area contributed by atoms with Gasteiger partial charge in [0, 0.05) is 35.4 Å². The molecule has 0 radical (unpaired) electrons. The molecule has 0 fully saturated rings. The third kappa shape index (κ3) is 2.65. The highest BCUT2D eigenvalue weighted by Crippen LogP contribution is 2.49. The van der Waals surface area contributed by atoms with Crippen molar-refractivity contribution in [1.82, 2.24) is 0 Å². The minimum absolute atomic E-state index is 0.0296. The Morgan fingerprint density at radius 1 is 1.00 bits per heavy atom. The molecule has 3 aliphatic rings. The van der Waals surface area contributed by atoms with E-state index in [9.17, 15) is 18.0 Å². The van der Waals surface area contributed by atoms with Gasteiger partial charge in [0.05, 0.1) is 5.56 Å². The predicted octanol–water partition coefficient (Wildman–Crippen LogP) is 5.00. The van der Waals surface area contributed by atoms with Gasteiger partial charge in [0.2, 0.25) is 6.79 Å². The molecule has 0 amide bonds. The van der Waals surface area contributed by atoms with Crippen molar-refractivity contribution < 1.29 is 27.4 Å². The molecule has 0 bridgehead atoms. The molecule has 5 rings (SSSR count). The Kier molecular flexibility index (Phi) is 3.69. The largest absolute Gasteiger partial charge is 0.454 e. The van der Waals surface area contributed by atoms with Crippen LogP contribution in [0.2, 0.25) is 0 Å². The molecule has 0 unspecified atom stereocenters. The van der Waals surface area contributed by atoms with E-state index in [2.05, 4.69) is 5.32 Å². The fraction of sp³-hybridized carbons (Fsp3) is 0.286. The van der Waals surface area contributed by atoms with Crippen LogP contribution in [0, 0.1) is 0 Å². The van der Waals surface area contributed by atoms with Crippen LogP contribution >= 0.6 is 0 Å². The maximum absolute atomic E-state index is 13.0. The zero-order valence-electron chi connectivity index (χ0n) is 14.7. The highest BCUT2D eigenvalue weighted by molar-refractivity contribution is 6.01. The van der Waals surface area contributed by atoms with Gasteiger partial charge >= 0.3 is 6.18 Å². The van der Waals surface area contributed by atoms with E-state index in [1.165, 1.54) is 12.1 Å². The first-order valence-corrected chi connectivity index (χ1v) is 9.06. The predicted molar refractivity (Wildman–Crippen MR) is 95.4 cm³/mol. The molecule has 0 aromatic heterocycles. The summed E-state index contributed by atoms with van der Waals surface area (Å²) >= 11 is 0. The molecule has 4 nitrogen and oxygen atoms in total. The summed E-state index contributed by atoms with van der Waals surface area (Å²) in [4.78, 5) is 12.7. The minimum Gasteiger partial charge on any atom is -0.454 e. The van der Waals surface area contributed by atoms with E-state index in [1.54, 1.807) is 0 Å². The average molecular weight is 387 g/mol. The number of Topliss-reactive ketones (excluding diaryl/α,β-unsaturated/α-hetero) is 1. The first-order valence-electron chi connectivity index (χ1n) is 9.06. The average Bonchev–Trinajstić information content (AvgIpc) is 3.11. The number of carbonyl (C=O) groups excluding carboxylic acids is 1. The van der Waals surface area contributed by atoms with Crippen molar-refractivity contribution in [3.05, 3.63) is 64.4 Å². The molecule has 2 aromatic carbocycles. The number of rotatable bonds is 1. The normalized spacial score (nSPS) is 20.5. The van der Waals surface area contributed by atoms with Gasteiger partial charge in [-0.1, -0.05) is 12.1 Å². The van der Waals surface area contributed by atoms with Crippen molar-refractivity contribution in [1.29, 1.82) is 0 Å². The number of carbonyl (C=O) groups is 1. The standard InChI is InChI=1S/C21H16F3NO3/c22-21(23,24)12-6-4-11(5-7-12)19-13-8-17-18(28-10-27-17)9-15(13)25-14-2-1-3-16(26)20(14)19/h4-9,19,25H,1-3,10H2/t19-/m0/s1. The number of hydrogen-bond acceptors (Lipinski definition) is 4. The Morgan fingerprint density at radius 3 is 2.43 bits per heavy atom.